The van der Waals surface area contributed by atoms with Crippen molar-refractivity contribution in [2.45, 2.75) is 17.4 Å². The zero-order valence-electron chi connectivity index (χ0n) is 15.5. The van der Waals surface area contributed by atoms with Gasteiger partial charge in [0.2, 0.25) is 16.0 Å². The van der Waals surface area contributed by atoms with Crippen LogP contribution in [0.15, 0.2) is 47.8 Å². The number of nitrogens with zero attached hydrogens (tertiary/aromatic N) is 5. The first kappa shape index (κ1) is 19.7. The average molecular weight is 437 g/mol. The van der Waals surface area contributed by atoms with Gasteiger partial charge in [-0.25, -0.2) is 27.5 Å². The second-order valence-electron chi connectivity index (χ2n) is 6.77. The monoisotopic (exact) mass is 436 g/mol. The summed E-state index contributed by atoms with van der Waals surface area (Å²) in [6.45, 7) is 0.956. The smallest absolute Gasteiger partial charge is 0.243 e. The van der Waals surface area contributed by atoms with Crippen molar-refractivity contribution in [2.75, 3.05) is 18.0 Å². The van der Waals surface area contributed by atoms with E-state index in [0.29, 0.717) is 25.5 Å². The van der Waals surface area contributed by atoms with Crippen molar-refractivity contribution in [3.05, 3.63) is 53.7 Å². The molecule has 0 spiro atoms. The van der Waals surface area contributed by atoms with Crippen LogP contribution in [-0.4, -0.2) is 47.3 Å². The highest BCUT2D eigenvalue weighted by molar-refractivity contribution is 7.89. The summed E-state index contributed by atoms with van der Waals surface area (Å²) < 4.78 is 43.4. The molecule has 3 aromatic rings. The van der Waals surface area contributed by atoms with Crippen molar-refractivity contribution in [2.24, 2.45) is 7.05 Å². The summed E-state index contributed by atoms with van der Waals surface area (Å²) in [5.41, 5.74) is 1.60. The molecule has 1 atom stereocenters. The van der Waals surface area contributed by atoms with E-state index in [-0.39, 0.29) is 11.1 Å². The molecule has 1 aliphatic heterocycles. The largest absolute Gasteiger partial charge is 0.339 e. The SMILES string of the molecule is Cn1cc(-c2ccnc(N3CCC(NS(=O)(=O)c4ccc(Cl)cc4F)C3)n2)cn1. The molecule has 0 radical (unpaired) electrons. The van der Waals surface area contributed by atoms with Crippen molar-refractivity contribution >= 4 is 27.6 Å². The van der Waals surface area contributed by atoms with E-state index < -0.39 is 20.7 Å². The Morgan fingerprint density at radius 1 is 1.31 bits per heavy atom. The lowest BCUT2D eigenvalue weighted by Gasteiger charge is -2.17. The minimum absolute atomic E-state index is 0.138. The maximum atomic E-state index is 14.0. The molecule has 0 amide bonds. The summed E-state index contributed by atoms with van der Waals surface area (Å²) in [6.07, 6.45) is 5.78. The molecule has 1 fully saturated rings. The first-order valence-electron chi connectivity index (χ1n) is 8.86. The van der Waals surface area contributed by atoms with Crippen molar-refractivity contribution in [1.82, 2.24) is 24.5 Å². The predicted molar refractivity (Wildman–Crippen MR) is 107 cm³/mol. The van der Waals surface area contributed by atoms with Gasteiger partial charge in [0.25, 0.3) is 0 Å². The number of aromatic nitrogens is 4. The summed E-state index contributed by atoms with van der Waals surface area (Å²) in [4.78, 5) is 10.3. The van der Waals surface area contributed by atoms with E-state index in [9.17, 15) is 12.8 Å². The molecule has 3 heterocycles. The molecular weight excluding hydrogens is 419 g/mol. The van der Waals surface area contributed by atoms with Crippen molar-refractivity contribution < 1.29 is 12.8 Å². The minimum atomic E-state index is -4.01. The fourth-order valence-corrected chi connectivity index (χ4v) is 4.71. The number of aryl methyl sites for hydroxylation is 1. The Balaban J connectivity index is 1.48. The molecule has 0 saturated carbocycles. The highest BCUT2D eigenvalue weighted by Gasteiger charge is 2.30. The Morgan fingerprint density at radius 2 is 2.14 bits per heavy atom. The predicted octanol–water partition coefficient (Wildman–Crippen LogP) is 2.23. The van der Waals surface area contributed by atoms with Gasteiger partial charge in [0.15, 0.2) is 0 Å². The topological polar surface area (TPSA) is 93.0 Å². The summed E-state index contributed by atoms with van der Waals surface area (Å²) in [5, 5.41) is 4.28. The van der Waals surface area contributed by atoms with Gasteiger partial charge in [0, 0.05) is 49.2 Å². The van der Waals surface area contributed by atoms with Crippen LogP contribution in [0.1, 0.15) is 6.42 Å². The molecular formula is C18H18ClFN6O2S. The highest BCUT2D eigenvalue weighted by Crippen LogP contribution is 2.23. The maximum absolute atomic E-state index is 14.0. The van der Waals surface area contributed by atoms with Gasteiger partial charge >= 0.3 is 0 Å². The van der Waals surface area contributed by atoms with Gasteiger partial charge in [-0.05, 0) is 30.7 Å². The van der Waals surface area contributed by atoms with Crippen LogP contribution in [0.4, 0.5) is 10.3 Å². The molecule has 4 rings (SSSR count). The number of sulfonamides is 1. The van der Waals surface area contributed by atoms with Gasteiger partial charge in [-0.3, -0.25) is 4.68 Å². The normalized spacial score (nSPS) is 17.1. The molecule has 152 valence electrons. The van der Waals surface area contributed by atoms with Crippen LogP contribution in [0, 0.1) is 5.82 Å². The van der Waals surface area contributed by atoms with Crippen LogP contribution in [0.3, 0.4) is 0 Å². The van der Waals surface area contributed by atoms with E-state index in [2.05, 4.69) is 19.8 Å². The molecule has 1 unspecified atom stereocenters. The molecule has 1 saturated heterocycles. The number of benzene rings is 1. The van der Waals surface area contributed by atoms with E-state index in [4.69, 9.17) is 11.6 Å². The molecule has 11 heteroatoms. The van der Waals surface area contributed by atoms with Crippen LogP contribution >= 0.6 is 11.6 Å². The van der Waals surface area contributed by atoms with Crippen molar-refractivity contribution in [3.8, 4) is 11.3 Å². The highest BCUT2D eigenvalue weighted by atomic mass is 35.5. The Labute approximate surface area is 172 Å². The van der Waals surface area contributed by atoms with Gasteiger partial charge in [-0.15, -0.1) is 0 Å². The number of rotatable bonds is 5. The van der Waals surface area contributed by atoms with E-state index in [1.807, 2.05) is 18.1 Å². The van der Waals surface area contributed by atoms with Crippen LogP contribution in [0.2, 0.25) is 5.02 Å². The van der Waals surface area contributed by atoms with Crippen LogP contribution < -0.4 is 9.62 Å². The summed E-state index contributed by atoms with van der Waals surface area (Å²) in [5.74, 6) is -0.377. The van der Waals surface area contributed by atoms with Crippen LogP contribution in [0.25, 0.3) is 11.3 Å². The van der Waals surface area contributed by atoms with Gasteiger partial charge in [-0.1, -0.05) is 11.6 Å². The van der Waals surface area contributed by atoms with Gasteiger partial charge in [-0.2, -0.15) is 5.10 Å². The summed E-state index contributed by atoms with van der Waals surface area (Å²) in [7, 11) is -2.18. The maximum Gasteiger partial charge on any atom is 0.243 e. The Hall–Kier alpha value is -2.56. The van der Waals surface area contributed by atoms with Gasteiger partial charge in [0.1, 0.15) is 10.7 Å². The first-order valence-corrected chi connectivity index (χ1v) is 10.7. The summed E-state index contributed by atoms with van der Waals surface area (Å²) >= 11 is 5.70. The number of hydrogen-bond acceptors (Lipinski definition) is 6. The molecule has 29 heavy (non-hydrogen) atoms. The zero-order valence-corrected chi connectivity index (χ0v) is 17.0. The fraction of sp³-hybridized carbons (Fsp3) is 0.278. The van der Waals surface area contributed by atoms with E-state index >= 15 is 0 Å². The quantitative estimate of drug-likeness (QED) is 0.659. The standard InChI is InChI=1S/C18H18ClFN6O2S/c1-25-10-12(9-22-25)16-4-6-21-18(23-16)26-7-5-14(11-26)24-29(27,28)17-3-2-13(19)8-15(17)20/h2-4,6,8-10,14,24H,5,7,11H2,1H3. The third-order valence-corrected chi connectivity index (χ3v) is 6.41. The third kappa shape index (κ3) is 4.24. The lowest BCUT2D eigenvalue weighted by atomic mass is 10.2. The van der Waals surface area contributed by atoms with Crippen LogP contribution in [0.5, 0.6) is 0 Å². The molecule has 8 nitrogen and oxygen atoms in total. The second-order valence-corrected chi connectivity index (χ2v) is 8.89. The Kier molecular flexibility index (Phi) is 5.24. The first-order chi connectivity index (χ1) is 13.8. The third-order valence-electron chi connectivity index (χ3n) is 4.62. The summed E-state index contributed by atoms with van der Waals surface area (Å²) in [6, 6.07) is 4.89. The van der Waals surface area contributed by atoms with E-state index in [0.717, 1.165) is 23.4 Å². The number of anilines is 1. The zero-order chi connectivity index (χ0) is 20.6. The number of halogens is 2. The van der Waals surface area contributed by atoms with E-state index in [1.165, 1.54) is 6.07 Å². The number of nitrogens with one attached hydrogen (secondary N) is 1. The Morgan fingerprint density at radius 3 is 2.86 bits per heavy atom. The molecule has 0 aliphatic carbocycles. The van der Waals surface area contributed by atoms with Gasteiger partial charge < -0.3 is 4.90 Å². The molecule has 1 aliphatic rings. The fourth-order valence-electron chi connectivity index (χ4n) is 3.23. The lowest BCUT2D eigenvalue weighted by Crippen LogP contribution is -2.37. The van der Waals surface area contributed by atoms with Crippen molar-refractivity contribution in [3.63, 3.8) is 0 Å². The van der Waals surface area contributed by atoms with Crippen molar-refractivity contribution in [1.29, 1.82) is 0 Å². The Bertz CT molecular complexity index is 1150. The van der Waals surface area contributed by atoms with Crippen LogP contribution in [-0.2, 0) is 17.1 Å². The molecule has 2 aromatic heterocycles. The second kappa shape index (κ2) is 7.69. The lowest BCUT2D eigenvalue weighted by molar-refractivity contribution is 0.543. The number of hydrogen-bond donors (Lipinski definition) is 1. The molecule has 0 bridgehead atoms. The molecule has 1 aromatic carbocycles. The average Bonchev–Trinajstić information content (AvgIpc) is 3.30. The minimum Gasteiger partial charge on any atom is -0.339 e. The van der Waals surface area contributed by atoms with Gasteiger partial charge in [0.05, 0.1) is 11.9 Å². The van der Waals surface area contributed by atoms with E-state index in [1.54, 1.807) is 23.1 Å². The molecule has 1 N–H and O–H groups in total.